The number of hydrogen-bond acceptors (Lipinski definition) is 3. The molecule has 0 aromatic carbocycles. The number of nitrogens with zero attached hydrogens (tertiary/aromatic N) is 2. The highest BCUT2D eigenvalue weighted by Crippen LogP contribution is 2.10. The van der Waals surface area contributed by atoms with Crippen LogP contribution in [0, 0.1) is 5.92 Å². The molecule has 1 unspecified atom stereocenters. The Kier molecular flexibility index (Phi) is 4.78. The molecular weight excluding hydrogens is 224 g/mol. The number of aromatic nitrogens is 2. The monoisotopic (exact) mass is 250 g/mol. The van der Waals surface area contributed by atoms with Gasteiger partial charge in [0.05, 0.1) is 0 Å². The van der Waals surface area contributed by atoms with Crippen LogP contribution in [0.2, 0.25) is 0 Å². The molecule has 0 radical (unpaired) electrons. The lowest BCUT2D eigenvalue weighted by Crippen LogP contribution is -2.48. The highest BCUT2D eigenvalue weighted by molar-refractivity contribution is 5.03. The first-order valence-electron chi connectivity index (χ1n) is 7.12. The van der Waals surface area contributed by atoms with Gasteiger partial charge in [-0.05, 0) is 19.3 Å². The molecular formula is C14H26N4. The zero-order valence-corrected chi connectivity index (χ0v) is 11.9. The Labute approximate surface area is 110 Å². The zero-order valence-electron chi connectivity index (χ0n) is 11.9. The Bertz CT molecular complexity index is 352. The summed E-state index contributed by atoms with van der Waals surface area (Å²) in [4.78, 5) is 10.5. The largest absolute Gasteiger partial charge is 0.346 e. The third kappa shape index (κ3) is 3.82. The number of nitrogens with one attached hydrogen (secondary N) is 2. The summed E-state index contributed by atoms with van der Waals surface area (Å²) in [6, 6.07) is 0.574. The predicted octanol–water partition coefficient (Wildman–Crippen LogP) is 1.44. The highest BCUT2D eigenvalue weighted by Gasteiger charge is 2.17. The number of hydrogen-bond donors (Lipinski definition) is 2. The summed E-state index contributed by atoms with van der Waals surface area (Å²) >= 11 is 0. The lowest BCUT2D eigenvalue weighted by Gasteiger charge is -2.32. The average Bonchev–Trinajstić information content (AvgIpc) is 2.76. The van der Waals surface area contributed by atoms with Gasteiger partial charge >= 0.3 is 0 Å². The molecule has 2 N–H and O–H groups in total. The van der Waals surface area contributed by atoms with Crippen molar-refractivity contribution in [2.45, 2.75) is 39.7 Å². The van der Waals surface area contributed by atoms with E-state index in [1.54, 1.807) is 0 Å². The molecule has 1 atom stereocenters. The predicted molar refractivity (Wildman–Crippen MR) is 74.7 cm³/mol. The van der Waals surface area contributed by atoms with Gasteiger partial charge in [0.25, 0.3) is 0 Å². The summed E-state index contributed by atoms with van der Waals surface area (Å²) in [6.45, 7) is 11.3. The molecule has 0 bridgehead atoms. The molecule has 1 aromatic rings. The fraction of sp³-hybridized carbons (Fsp3) is 0.786. The molecule has 0 spiro atoms. The molecule has 1 aliphatic heterocycles. The molecule has 1 saturated heterocycles. The standard InChI is InChI=1S/C14H26N4/c1-11(2)8-13-10-16-14(17-13)9-12(3)18-6-4-15-5-7-18/h10-12,15H,4-9H2,1-3H3,(H,16,17). The second-order valence-corrected chi connectivity index (χ2v) is 5.79. The molecule has 18 heavy (non-hydrogen) atoms. The zero-order chi connectivity index (χ0) is 13.0. The third-order valence-corrected chi connectivity index (χ3v) is 3.57. The molecule has 102 valence electrons. The van der Waals surface area contributed by atoms with Crippen LogP contribution in [0.5, 0.6) is 0 Å². The first-order valence-corrected chi connectivity index (χ1v) is 7.12. The topological polar surface area (TPSA) is 44.0 Å². The fourth-order valence-electron chi connectivity index (χ4n) is 2.58. The summed E-state index contributed by atoms with van der Waals surface area (Å²) in [5.74, 6) is 1.82. The summed E-state index contributed by atoms with van der Waals surface area (Å²) < 4.78 is 0. The van der Waals surface area contributed by atoms with E-state index in [0.29, 0.717) is 12.0 Å². The average molecular weight is 250 g/mol. The lowest BCUT2D eigenvalue weighted by atomic mass is 10.1. The summed E-state index contributed by atoms with van der Waals surface area (Å²) in [6.07, 6.45) is 4.12. The Morgan fingerprint density at radius 3 is 2.61 bits per heavy atom. The maximum absolute atomic E-state index is 4.51. The molecule has 0 amide bonds. The van der Waals surface area contributed by atoms with Gasteiger partial charge in [-0.1, -0.05) is 13.8 Å². The van der Waals surface area contributed by atoms with Crippen LogP contribution >= 0.6 is 0 Å². The highest BCUT2D eigenvalue weighted by atomic mass is 15.2. The van der Waals surface area contributed by atoms with Gasteiger partial charge in [0, 0.05) is 50.5 Å². The maximum atomic E-state index is 4.51. The van der Waals surface area contributed by atoms with Gasteiger partial charge in [-0.3, -0.25) is 4.90 Å². The van der Waals surface area contributed by atoms with E-state index in [4.69, 9.17) is 0 Å². The van der Waals surface area contributed by atoms with Crippen LogP contribution in [0.1, 0.15) is 32.3 Å². The van der Waals surface area contributed by atoms with Crippen LogP contribution in [0.4, 0.5) is 0 Å². The first kappa shape index (κ1) is 13.6. The summed E-state index contributed by atoms with van der Waals surface area (Å²) in [7, 11) is 0. The van der Waals surface area contributed by atoms with Crippen LogP contribution in [0.3, 0.4) is 0 Å². The van der Waals surface area contributed by atoms with E-state index in [-0.39, 0.29) is 0 Å². The summed E-state index contributed by atoms with van der Waals surface area (Å²) in [5.41, 5.74) is 1.27. The van der Waals surface area contributed by atoms with Gasteiger partial charge in [-0.2, -0.15) is 0 Å². The van der Waals surface area contributed by atoms with Crippen LogP contribution in [0.25, 0.3) is 0 Å². The number of piperazine rings is 1. The molecule has 2 heterocycles. The molecule has 0 saturated carbocycles. The van der Waals surface area contributed by atoms with E-state index in [1.165, 1.54) is 5.69 Å². The van der Waals surface area contributed by atoms with Crippen molar-refractivity contribution < 1.29 is 0 Å². The quantitative estimate of drug-likeness (QED) is 0.831. The van der Waals surface area contributed by atoms with Crippen molar-refractivity contribution in [2.75, 3.05) is 26.2 Å². The minimum atomic E-state index is 0.574. The minimum Gasteiger partial charge on any atom is -0.346 e. The van der Waals surface area contributed by atoms with Crippen LogP contribution in [-0.4, -0.2) is 47.1 Å². The first-order chi connectivity index (χ1) is 8.65. The van der Waals surface area contributed by atoms with Crippen LogP contribution in [0.15, 0.2) is 6.20 Å². The van der Waals surface area contributed by atoms with Crippen LogP contribution in [-0.2, 0) is 12.8 Å². The summed E-state index contributed by atoms with van der Waals surface area (Å²) in [5, 5.41) is 3.39. The molecule has 1 aliphatic rings. The number of H-pyrrole nitrogens is 1. The van der Waals surface area contributed by atoms with Crippen molar-refractivity contribution in [3.05, 3.63) is 17.7 Å². The third-order valence-electron chi connectivity index (χ3n) is 3.57. The van der Waals surface area contributed by atoms with E-state index < -0.39 is 0 Å². The van der Waals surface area contributed by atoms with Gasteiger partial charge in [-0.15, -0.1) is 0 Å². The van der Waals surface area contributed by atoms with Gasteiger partial charge in [0.1, 0.15) is 5.82 Å². The molecule has 1 fully saturated rings. The minimum absolute atomic E-state index is 0.574. The van der Waals surface area contributed by atoms with Crippen molar-refractivity contribution in [1.29, 1.82) is 0 Å². The Morgan fingerprint density at radius 2 is 1.94 bits per heavy atom. The van der Waals surface area contributed by atoms with E-state index >= 15 is 0 Å². The SMILES string of the molecule is CC(C)Cc1cnc(CC(C)N2CCNCC2)[nH]1. The number of imidazole rings is 1. The molecule has 1 aromatic heterocycles. The van der Waals surface area contributed by atoms with E-state index in [9.17, 15) is 0 Å². The molecule has 4 heteroatoms. The fourth-order valence-corrected chi connectivity index (χ4v) is 2.58. The van der Waals surface area contributed by atoms with Gasteiger partial charge < -0.3 is 10.3 Å². The van der Waals surface area contributed by atoms with E-state index in [1.807, 2.05) is 6.20 Å². The lowest BCUT2D eigenvalue weighted by molar-refractivity contribution is 0.182. The van der Waals surface area contributed by atoms with Gasteiger partial charge in [0.2, 0.25) is 0 Å². The second-order valence-electron chi connectivity index (χ2n) is 5.79. The smallest absolute Gasteiger partial charge is 0.107 e. The Morgan fingerprint density at radius 1 is 1.22 bits per heavy atom. The van der Waals surface area contributed by atoms with Gasteiger partial charge in [-0.25, -0.2) is 4.98 Å². The Balaban J connectivity index is 1.86. The van der Waals surface area contributed by atoms with Crippen molar-refractivity contribution in [3.8, 4) is 0 Å². The van der Waals surface area contributed by atoms with Crippen molar-refractivity contribution in [3.63, 3.8) is 0 Å². The van der Waals surface area contributed by atoms with Crippen LogP contribution < -0.4 is 5.32 Å². The maximum Gasteiger partial charge on any atom is 0.107 e. The van der Waals surface area contributed by atoms with E-state index in [0.717, 1.165) is 44.8 Å². The molecule has 4 nitrogen and oxygen atoms in total. The molecule has 2 rings (SSSR count). The Hall–Kier alpha value is -0.870. The van der Waals surface area contributed by atoms with Crippen molar-refractivity contribution in [1.82, 2.24) is 20.2 Å². The number of rotatable bonds is 5. The van der Waals surface area contributed by atoms with Crippen molar-refractivity contribution >= 4 is 0 Å². The van der Waals surface area contributed by atoms with E-state index in [2.05, 4.69) is 41.0 Å². The second kappa shape index (κ2) is 6.34. The number of aromatic amines is 1. The van der Waals surface area contributed by atoms with Crippen molar-refractivity contribution in [2.24, 2.45) is 5.92 Å². The molecule has 0 aliphatic carbocycles. The van der Waals surface area contributed by atoms with Gasteiger partial charge in [0.15, 0.2) is 0 Å². The normalized spacial score (nSPS) is 19.3.